The molecule has 0 heteroatoms. The molecule has 0 atom stereocenters. The standard InChI is InChI=1S/C14H18/c1-2-4-6-8-10-12-14-13-11-9-7-5-3-1/h1-8,11,13H,9-10,12,14H2/b3-1-,4-2+,7-5+,8-6+,13-11+. The zero-order chi connectivity index (χ0) is 9.90. The Kier molecular flexibility index (Phi) is 6.39. The maximum Gasteiger partial charge on any atom is -0.0166 e. The van der Waals surface area contributed by atoms with Gasteiger partial charge in [0.15, 0.2) is 0 Å². The molecule has 1 rings (SSSR count). The van der Waals surface area contributed by atoms with Crippen LogP contribution in [0.2, 0.25) is 0 Å². The average molecular weight is 186 g/mol. The molecule has 1 aliphatic rings. The SMILES string of the molecule is C1=C\C=C\C/C=C/CCC/C=C/C=C/1. The molecule has 0 heterocycles. The van der Waals surface area contributed by atoms with Crippen molar-refractivity contribution in [3.63, 3.8) is 0 Å². The molecule has 0 saturated carbocycles. The summed E-state index contributed by atoms with van der Waals surface area (Å²) in [5, 5.41) is 0. The van der Waals surface area contributed by atoms with Gasteiger partial charge in [-0.15, -0.1) is 0 Å². The van der Waals surface area contributed by atoms with Crippen molar-refractivity contribution in [2.75, 3.05) is 0 Å². The molecule has 74 valence electrons. The van der Waals surface area contributed by atoms with Crippen LogP contribution in [0.25, 0.3) is 0 Å². The summed E-state index contributed by atoms with van der Waals surface area (Å²) in [6.45, 7) is 0. The molecule has 0 aromatic carbocycles. The van der Waals surface area contributed by atoms with Crippen molar-refractivity contribution in [2.45, 2.75) is 25.7 Å². The third-order valence-electron chi connectivity index (χ3n) is 2.01. The molecule has 0 radical (unpaired) electrons. The monoisotopic (exact) mass is 186 g/mol. The summed E-state index contributed by atoms with van der Waals surface area (Å²) in [4.78, 5) is 0. The van der Waals surface area contributed by atoms with Gasteiger partial charge in [0.2, 0.25) is 0 Å². The molecule has 0 fully saturated rings. The highest BCUT2D eigenvalue weighted by Gasteiger charge is 1.79. The Labute approximate surface area is 87.0 Å². The van der Waals surface area contributed by atoms with Crippen LogP contribution in [-0.2, 0) is 0 Å². The van der Waals surface area contributed by atoms with Gasteiger partial charge in [-0.3, -0.25) is 0 Å². The van der Waals surface area contributed by atoms with Crippen LogP contribution in [-0.4, -0.2) is 0 Å². The Hall–Kier alpha value is -1.30. The highest BCUT2D eigenvalue weighted by molar-refractivity contribution is 5.15. The van der Waals surface area contributed by atoms with Gasteiger partial charge in [-0.1, -0.05) is 60.8 Å². The summed E-state index contributed by atoms with van der Waals surface area (Å²) < 4.78 is 0. The lowest BCUT2D eigenvalue weighted by molar-refractivity contribution is 0.866. The Morgan fingerprint density at radius 1 is 0.500 bits per heavy atom. The fourth-order valence-electron chi connectivity index (χ4n) is 1.23. The molecule has 0 aliphatic heterocycles. The summed E-state index contributed by atoms with van der Waals surface area (Å²) >= 11 is 0. The lowest BCUT2D eigenvalue weighted by Crippen LogP contribution is -1.69. The number of rotatable bonds is 0. The van der Waals surface area contributed by atoms with E-state index in [1.165, 1.54) is 19.3 Å². The predicted molar refractivity (Wildman–Crippen MR) is 64.2 cm³/mol. The van der Waals surface area contributed by atoms with Crippen LogP contribution in [0.1, 0.15) is 25.7 Å². The highest BCUT2D eigenvalue weighted by atomic mass is 13.9. The summed E-state index contributed by atoms with van der Waals surface area (Å²) in [7, 11) is 0. The molecule has 0 aromatic heterocycles. The van der Waals surface area contributed by atoms with E-state index in [1.54, 1.807) is 0 Å². The van der Waals surface area contributed by atoms with Crippen molar-refractivity contribution in [1.82, 2.24) is 0 Å². The summed E-state index contributed by atoms with van der Waals surface area (Å²) in [5.74, 6) is 0. The van der Waals surface area contributed by atoms with Crippen LogP contribution in [0.4, 0.5) is 0 Å². The third kappa shape index (κ3) is 6.24. The third-order valence-corrected chi connectivity index (χ3v) is 2.01. The topological polar surface area (TPSA) is 0 Å². The summed E-state index contributed by atoms with van der Waals surface area (Å²) in [6.07, 6.45) is 26.0. The Balaban J connectivity index is 2.46. The van der Waals surface area contributed by atoms with E-state index >= 15 is 0 Å². The van der Waals surface area contributed by atoms with Crippen LogP contribution >= 0.6 is 0 Å². The van der Waals surface area contributed by atoms with E-state index in [1.807, 2.05) is 0 Å². The van der Waals surface area contributed by atoms with Gasteiger partial charge in [0.05, 0.1) is 0 Å². The maximum absolute atomic E-state index is 2.27. The van der Waals surface area contributed by atoms with Crippen molar-refractivity contribution in [3.05, 3.63) is 60.8 Å². The number of hydrogen-bond donors (Lipinski definition) is 0. The number of allylic oxidation sites excluding steroid dienone is 10. The van der Waals surface area contributed by atoms with E-state index in [0.29, 0.717) is 0 Å². The molecule has 0 N–H and O–H groups in total. The Morgan fingerprint density at radius 2 is 1.14 bits per heavy atom. The Bertz CT molecular complexity index is 262. The first kappa shape index (κ1) is 10.8. The van der Waals surface area contributed by atoms with Gasteiger partial charge in [-0.2, -0.15) is 0 Å². The fourth-order valence-corrected chi connectivity index (χ4v) is 1.23. The molecule has 0 aromatic rings. The molecular formula is C14H18. The van der Waals surface area contributed by atoms with Crippen LogP contribution in [0.15, 0.2) is 60.8 Å². The molecule has 0 unspecified atom stereocenters. The van der Waals surface area contributed by atoms with Gasteiger partial charge >= 0.3 is 0 Å². The normalized spacial score (nSPS) is 29.7. The van der Waals surface area contributed by atoms with Gasteiger partial charge < -0.3 is 0 Å². The van der Waals surface area contributed by atoms with Gasteiger partial charge in [0, 0.05) is 0 Å². The second-order valence-electron chi connectivity index (χ2n) is 3.26. The second kappa shape index (κ2) is 8.31. The van der Waals surface area contributed by atoms with Crippen molar-refractivity contribution >= 4 is 0 Å². The van der Waals surface area contributed by atoms with Crippen LogP contribution < -0.4 is 0 Å². The highest BCUT2D eigenvalue weighted by Crippen LogP contribution is 2.00. The minimum Gasteiger partial charge on any atom is -0.0882 e. The van der Waals surface area contributed by atoms with Gasteiger partial charge in [-0.05, 0) is 25.7 Å². The first-order valence-corrected chi connectivity index (χ1v) is 5.30. The summed E-state index contributed by atoms with van der Waals surface area (Å²) in [5.41, 5.74) is 0. The van der Waals surface area contributed by atoms with Crippen molar-refractivity contribution in [1.29, 1.82) is 0 Å². The summed E-state index contributed by atoms with van der Waals surface area (Å²) in [6, 6.07) is 0. The zero-order valence-corrected chi connectivity index (χ0v) is 8.60. The molecule has 0 amide bonds. The number of hydrogen-bond acceptors (Lipinski definition) is 0. The smallest absolute Gasteiger partial charge is 0.0166 e. The molecule has 0 saturated heterocycles. The lowest BCUT2D eigenvalue weighted by Gasteiger charge is -1.89. The molecular weight excluding hydrogens is 168 g/mol. The van der Waals surface area contributed by atoms with Crippen molar-refractivity contribution in [3.8, 4) is 0 Å². The predicted octanol–water partition coefficient (Wildman–Crippen LogP) is 4.34. The quantitative estimate of drug-likeness (QED) is 0.494. The first-order chi connectivity index (χ1) is 7.00. The van der Waals surface area contributed by atoms with E-state index in [9.17, 15) is 0 Å². The van der Waals surface area contributed by atoms with Crippen LogP contribution in [0, 0.1) is 0 Å². The first-order valence-electron chi connectivity index (χ1n) is 5.30. The minimum absolute atomic E-state index is 1.05. The molecule has 1 aliphatic carbocycles. The van der Waals surface area contributed by atoms with Crippen molar-refractivity contribution in [2.24, 2.45) is 0 Å². The van der Waals surface area contributed by atoms with E-state index in [2.05, 4.69) is 60.8 Å². The fraction of sp³-hybridized carbons (Fsp3) is 0.286. The van der Waals surface area contributed by atoms with E-state index in [-0.39, 0.29) is 0 Å². The second-order valence-corrected chi connectivity index (χ2v) is 3.26. The molecule has 0 nitrogen and oxygen atoms in total. The van der Waals surface area contributed by atoms with Crippen molar-refractivity contribution < 1.29 is 0 Å². The van der Waals surface area contributed by atoms with Gasteiger partial charge in [0.1, 0.15) is 0 Å². The Morgan fingerprint density at radius 3 is 2.00 bits per heavy atom. The minimum atomic E-state index is 1.05. The maximum atomic E-state index is 2.27. The van der Waals surface area contributed by atoms with Gasteiger partial charge in [0.25, 0.3) is 0 Å². The van der Waals surface area contributed by atoms with Gasteiger partial charge in [-0.25, -0.2) is 0 Å². The lowest BCUT2D eigenvalue weighted by atomic mass is 10.2. The van der Waals surface area contributed by atoms with E-state index in [4.69, 9.17) is 0 Å². The van der Waals surface area contributed by atoms with Crippen LogP contribution in [0.3, 0.4) is 0 Å². The molecule has 0 spiro atoms. The molecule has 14 heavy (non-hydrogen) atoms. The van der Waals surface area contributed by atoms with E-state index < -0.39 is 0 Å². The average Bonchev–Trinajstić information content (AvgIpc) is 2.22. The van der Waals surface area contributed by atoms with Crippen LogP contribution in [0.5, 0.6) is 0 Å². The molecule has 0 bridgehead atoms. The zero-order valence-electron chi connectivity index (χ0n) is 8.60. The largest absolute Gasteiger partial charge is 0.0882 e. The van der Waals surface area contributed by atoms with E-state index in [0.717, 1.165) is 6.42 Å².